The summed E-state index contributed by atoms with van der Waals surface area (Å²) < 4.78 is 12.0. The monoisotopic (exact) mass is 1100 g/mol. The predicted octanol–water partition coefficient (Wildman–Crippen LogP) is 19.1. The lowest BCUT2D eigenvalue weighted by Gasteiger charge is -2.16. The van der Waals surface area contributed by atoms with E-state index in [1.54, 1.807) is 20.1 Å². The predicted molar refractivity (Wildman–Crippen MR) is 333 cm³/mol. The number of hydrogen-bond acceptors (Lipinski definition) is 10. The normalized spacial score (nSPS) is 15.0. The molecule has 0 unspecified atom stereocenters. The summed E-state index contributed by atoms with van der Waals surface area (Å²) in [5, 5.41) is 8.42. The van der Waals surface area contributed by atoms with Crippen LogP contribution < -0.4 is 19.4 Å². The molecule has 0 N–H and O–H groups in total. The third kappa shape index (κ3) is 12.6. The van der Waals surface area contributed by atoms with E-state index in [9.17, 15) is 0 Å². The van der Waals surface area contributed by atoms with E-state index >= 15 is 0 Å². The number of hydrogen-bond donors (Lipinski definition) is 0. The summed E-state index contributed by atoms with van der Waals surface area (Å²) in [5.41, 5.74) is 6.01. The molecule has 12 heteroatoms. The van der Waals surface area contributed by atoms with Crippen LogP contribution in [0.3, 0.4) is 0 Å². The zero-order valence-electron chi connectivity index (χ0n) is 41.6. The number of thiophene rings is 2. The summed E-state index contributed by atoms with van der Waals surface area (Å²) in [6.45, 7) is 19.9. The van der Waals surface area contributed by atoms with Crippen LogP contribution in [0.1, 0.15) is 102 Å². The maximum absolute atomic E-state index is 2.61. The lowest BCUT2D eigenvalue weighted by molar-refractivity contribution is 0.608. The van der Waals surface area contributed by atoms with Gasteiger partial charge in [-0.1, -0.05) is 189 Å². The van der Waals surface area contributed by atoms with Gasteiger partial charge in [0.2, 0.25) is 0 Å². The second-order valence-electron chi connectivity index (χ2n) is 19.7. The molecule has 356 valence electrons. The molecule has 66 heavy (non-hydrogen) atoms. The van der Waals surface area contributed by atoms with Gasteiger partial charge in [0.05, 0.1) is 41.6 Å². The SMILES string of the molecule is CCCCCCCCc1cc(-c2ccc3c(=C4SC(SC)=C(SC)S4)c4cc(-c5cc(CCCCCCCC)c([Si](C)(C)C)s5)ccc4c(=C4SC(SC)=C(SC)S4)c3c2)sc1[Si](C)(C)C. The maximum Gasteiger partial charge on any atom is 0.0907 e. The summed E-state index contributed by atoms with van der Waals surface area (Å²) in [5.74, 6) is 0. The number of thioether (sulfide) groups is 8. The smallest absolute Gasteiger partial charge is 0.0907 e. The Morgan fingerprint density at radius 3 is 1.06 bits per heavy atom. The lowest BCUT2D eigenvalue weighted by Crippen LogP contribution is -2.37. The average molecular weight is 1100 g/mol. The highest BCUT2D eigenvalue weighted by Crippen LogP contribution is 2.58. The number of rotatable bonds is 22. The summed E-state index contributed by atoms with van der Waals surface area (Å²) in [6, 6.07) is 20.4. The number of unbranched alkanes of at least 4 members (excludes halogenated alkanes) is 10. The van der Waals surface area contributed by atoms with Crippen molar-refractivity contribution in [3.8, 4) is 20.9 Å². The molecule has 4 heterocycles. The zero-order valence-corrected chi connectivity index (χ0v) is 51.8. The molecule has 0 saturated heterocycles. The van der Waals surface area contributed by atoms with Crippen molar-refractivity contribution < 1.29 is 0 Å². The maximum atomic E-state index is 2.61. The molecule has 2 aliphatic rings. The van der Waals surface area contributed by atoms with Gasteiger partial charge in [0.25, 0.3) is 0 Å². The summed E-state index contributed by atoms with van der Waals surface area (Å²) in [6.07, 6.45) is 27.6. The van der Waals surface area contributed by atoms with Crippen molar-refractivity contribution in [2.45, 2.75) is 143 Å². The van der Waals surface area contributed by atoms with E-state index in [1.807, 2.05) is 94.1 Å². The highest BCUT2D eigenvalue weighted by Gasteiger charge is 2.29. The van der Waals surface area contributed by atoms with Crippen LogP contribution in [0, 0.1) is 0 Å². The van der Waals surface area contributed by atoms with E-state index in [-0.39, 0.29) is 0 Å². The Bertz CT molecular complexity index is 2480. The van der Waals surface area contributed by atoms with E-state index in [0.29, 0.717) is 0 Å². The van der Waals surface area contributed by atoms with E-state index in [4.69, 9.17) is 0 Å². The molecule has 2 aliphatic heterocycles. The molecule has 0 spiro atoms. The zero-order chi connectivity index (χ0) is 47.2. The van der Waals surface area contributed by atoms with E-state index < -0.39 is 16.1 Å². The minimum absolute atomic E-state index is 1.21. The largest absolute Gasteiger partial charge is 0.145 e. The second-order valence-corrected chi connectivity index (χ2v) is 41.4. The van der Waals surface area contributed by atoms with Gasteiger partial charge < -0.3 is 0 Å². The van der Waals surface area contributed by atoms with Gasteiger partial charge in [0, 0.05) is 20.2 Å². The van der Waals surface area contributed by atoms with Crippen molar-refractivity contribution in [2.75, 3.05) is 25.0 Å². The molecule has 0 bridgehead atoms. The molecule has 0 aliphatic carbocycles. The van der Waals surface area contributed by atoms with Crippen molar-refractivity contribution >= 4 is 172 Å². The standard InChI is InChI=1S/C54H72S10Si2/c1-13-15-17-19-21-23-25-37-33-43(59-53(37)65(7,8)9)35-27-29-39-41(31-35)45(47-61-49(55-3)50(56-4)62-47)40-30-28-36(32-42(40)46(39)48-63-51(57-5)52(58-6)64-48)44-34-38(54(60-44)66(10,11)12)26-24-22-20-18-16-14-2/h27-34H,13-26H2,1-12H3. The van der Waals surface area contributed by atoms with Crippen LogP contribution in [0.15, 0.2) is 65.5 Å². The van der Waals surface area contributed by atoms with Gasteiger partial charge >= 0.3 is 0 Å². The third-order valence-corrected chi connectivity index (χ3v) is 32.7. The molecule has 0 radical (unpaired) electrons. The number of benzene rings is 3. The van der Waals surface area contributed by atoms with Gasteiger partial charge in [-0.15, -0.1) is 69.7 Å². The van der Waals surface area contributed by atoms with Crippen LogP contribution in [0.2, 0.25) is 39.3 Å². The topological polar surface area (TPSA) is 0 Å². The summed E-state index contributed by atoms with van der Waals surface area (Å²) in [7, 11) is -3.08. The summed E-state index contributed by atoms with van der Waals surface area (Å²) >= 11 is 19.9. The highest BCUT2D eigenvalue weighted by atomic mass is 32.3. The number of aryl methyl sites for hydroxylation is 2. The summed E-state index contributed by atoms with van der Waals surface area (Å²) in [4.78, 5) is 2.90. The molecule has 0 fully saturated rings. The van der Waals surface area contributed by atoms with Crippen LogP contribution in [-0.4, -0.2) is 41.2 Å². The molecule has 5 aromatic rings. The van der Waals surface area contributed by atoms with Gasteiger partial charge in [0.1, 0.15) is 0 Å². The van der Waals surface area contributed by atoms with Gasteiger partial charge in [-0.3, -0.25) is 0 Å². The van der Waals surface area contributed by atoms with E-state index in [0.717, 1.165) is 0 Å². The molecule has 0 amide bonds. The quantitative estimate of drug-likeness (QED) is 0.0377. The second kappa shape index (κ2) is 24.6. The first-order chi connectivity index (χ1) is 31.7. The Kier molecular flexibility index (Phi) is 20.1. The van der Waals surface area contributed by atoms with Crippen molar-refractivity contribution in [1.29, 1.82) is 0 Å². The first-order valence-corrected chi connectivity index (χ1v) is 40.9. The van der Waals surface area contributed by atoms with Crippen LogP contribution in [0.4, 0.5) is 0 Å². The highest BCUT2D eigenvalue weighted by molar-refractivity contribution is 8.46. The fourth-order valence-electron chi connectivity index (χ4n) is 9.20. The van der Waals surface area contributed by atoms with Crippen LogP contribution in [-0.2, 0) is 12.8 Å². The minimum Gasteiger partial charge on any atom is -0.145 e. The van der Waals surface area contributed by atoms with Crippen LogP contribution in [0.5, 0.6) is 0 Å². The minimum atomic E-state index is -1.54. The Balaban J connectivity index is 1.45. The Hall–Kier alpha value is 0.0338. The number of fused-ring (bicyclic) bond motifs is 2. The van der Waals surface area contributed by atoms with Crippen molar-refractivity contribution in [3.63, 3.8) is 0 Å². The van der Waals surface area contributed by atoms with E-state index in [1.165, 1.54) is 168 Å². The van der Waals surface area contributed by atoms with Crippen LogP contribution >= 0.6 is 117 Å². The molecule has 0 atom stereocenters. The van der Waals surface area contributed by atoms with Gasteiger partial charge in [-0.05, 0) is 128 Å². The van der Waals surface area contributed by atoms with Gasteiger partial charge in [0.15, 0.2) is 0 Å². The first-order valence-electron chi connectivity index (χ1n) is 24.2. The molecular formula is C54H72S10Si2. The lowest BCUT2D eigenvalue weighted by atomic mass is 9.95. The fourth-order valence-corrected chi connectivity index (χ4v) is 26.8. The molecule has 0 nitrogen and oxygen atoms in total. The fraction of sp³-hybridized carbons (Fsp3) is 0.481. The first kappa shape index (κ1) is 53.8. The molecule has 2 aromatic heterocycles. The third-order valence-electron chi connectivity index (χ3n) is 12.5. The van der Waals surface area contributed by atoms with Crippen molar-refractivity contribution in [2.24, 2.45) is 0 Å². The van der Waals surface area contributed by atoms with Gasteiger partial charge in [-0.25, -0.2) is 0 Å². The molecule has 3 aromatic carbocycles. The molecule has 7 rings (SSSR count). The molecular weight excluding hydrogens is 1030 g/mol. The van der Waals surface area contributed by atoms with Crippen LogP contribution in [0.25, 0.3) is 50.9 Å². The molecule has 0 saturated carbocycles. The Labute approximate surface area is 443 Å². The van der Waals surface area contributed by atoms with Crippen molar-refractivity contribution in [3.05, 3.63) is 87.0 Å². The van der Waals surface area contributed by atoms with Crippen molar-refractivity contribution in [1.82, 2.24) is 0 Å². The van der Waals surface area contributed by atoms with E-state index in [2.05, 4.69) is 149 Å². The average Bonchev–Trinajstić information content (AvgIpc) is 4.12. The Morgan fingerprint density at radius 1 is 0.409 bits per heavy atom. The Morgan fingerprint density at radius 2 is 0.742 bits per heavy atom. The van der Waals surface area contributed by atoms with Gasteiger partial charge in [-0.2, -0.15) is 0 Å².